The molecule has 17 heavy (non-hydrogen) atoms. The average molecular weight is 278 g/mol. The predicted molar refractivity (Wildman–Crippen MR) is 76.8 cm³/mol. The Morgan fingerprint density at radius 3 is 2.35 bits per heavy atom. The van der Waals surface area contributed by atoms with Crippen molar-refractivity contribution in [2.45, 2.75) is 13.8 Å². The molecule has 4 heteroatoms. The van der Waals surface area contributed by atoms with Crippen molar-refractivity contribution >= 4 is 24.0 Å². The van der Waals surface area contributed by atoms with Crippen molar-refractivity contribution in [1.82, 2.24) is 4.90 Å². The van der Waals surface area contributed by atoms with Crippen LogP contribution in [0.5, 0.6) is 5.75 Å². The summed E-state index contributed by atoms with van der Waals surface area (Å²) >= 11 is 5.71. The van der Waals surface area contributed by atoms with Gasteiger partial charge in [-0.05, 0) is 25.6 Å². The standard InChI is InChI=1S/C13H20ClNO.ClH/c1-3-15(9-8-14)10-11-16-13-6-4-12(2)5-7-13;/h4-7H,3,8-11H2,1-2H3;1H. The van der Waals surface area contributed by atoms with Crippen molar-refractivity contribution in [3.63, 3.8) is 0 Å². The molecule has 0 aliphatic heterocycles. The zero-order valence-corrected chi connectivity index (χ0v) is 12.1. The van der Waals surface area contributed by atoms with Crippen LogP contribution in [-0.4, -0.2) is 37.0 Å². The molecule has 0 spiro atoms. The fraction of sp³-hybridized carbons (Fsp3) is 0.538. The monoisotopic (exact) mass is 277 g/mol. The SMILES string of the molecule is CCN(CCCl)CCOc1ccc(C)cc1.Cl. The van der Waals surface area contributed by atoms with Gasteiger partial charge in [-0.25, -0.2) is 0 Å². The molecule has 1 aromatic rings. The Morgan fingerprint density at radius 1 is 1.18 bits per heavy atom. The van der Waals surface area contributed by atoms with Crippen LogP contribution in [-0.2, 0) is 0 Å². The first-order valence-electron chi connectivity index (χ1n) is 5.74. The molecule has 1 rings (SSSR count). The number of hydrogen-bond donors (Lipinski definition) is 0. The normalized spacial score (nSPS) is 10.1. The summed E-state index contributed by atoms with van der Waals surface area (Å²) in [5.41, 5.74) is 1.25. The maximum Gasteiger partial charge on any atom is 0.119 e. The molecule has 0 atom stereocenters. The summed E-state index contributed by atoms with van der Waals surface area (Å²) in [5.74, 6) is 1.62. The molecule has 0 N–H and O–H groups in total. The molecule has 0 saturated heterocycles. The molecule has 98 valence electrons. The first-order valence-corrected chi connectivity index (χ1v) is 6.27. The van der Waals surface area contributed by atoms with E-state index in [0.717, 1.165) is 25.4 Å². The van der Waals surface area contributed by atoms with E-state index in [1.807, 2.05) is 12.1 Å². The summed E-state index contributed by atoms with van der Waals surface area (Å²) in [6, 6.07) is 8.14. The molecule has 0 aliphatic carbocycles. The van der Waals surface area contributed by atoms with Gasteiger partial charge in [0.2, 0.25) is 0 Å². The lowest BCUT2D eigenvalue weighted by Gasteiger charge is -2.18. The molecule has 0 unspecified atom stereocenters. The number of likely N-dealkylation sites (N-methyl/N-ethyl adjacent to an activating group) is 1. The van der Waals surface area contributed by atoms with Gasteiger partial charge in [-0.1, -0.05) is 24.6 Å². The molecule has 0 saturated carbocycles. The molecule has 0 aliphatic rings. The summed E-state index contributed by atoms with van der Waals surface area (Å²) in [6.45, 7) is 7.80. The zero-order valence-electron chi connectivity index (χ0n) is 10.5. The van der Waals surface area contributed by atoms with Gasteiger partial charge in [0, 0.05) is 19.0 Å². The second kappa shape index (κ2) is 9.58. The van der Waals surface area contributed by atoms with E-state index in [4.69, 9.17) is 16.3 Å². The largest absolute Gasteiger partial charge is 0.492 e. The molecule has 1 aromatic carbocycles. The lowest BCUT2D eigenvalue weighted by atomic mass is 10.2. The van der Waals surface area contributed by atoms with Gasteiger partial charge >= 0.3 is 0 Å². The Kier molecular flexibility index (Phi) is 9.33. The fourth-order valence-electron chi connectivity index (χ4n) is 1.47. The zero-order chi connectivity index (χ0) is 11.8. The third-order valence-corrected chi connectivity index (χ3v) is 2.71. The Hall–Kier alpha value is -0.440. The number of halogens is 2. The van der Waals surface area contributed by atoms with Gasteiger partial charge in [0.15, 0.2) is 0 Å². The van der Waals surface area contributed by atoms with Gasteiger partial charge in [-0.15, -0.1) is 24.0 Å². The van der Waals surface area contributed by atoms with Crippen LogP contribution < -0.4 is 4.74 Å². The maximum atomic E-state index is 5.71. The third kappa shape index (κ3) is 6.77. The Labute approximate surface area is 115 Å². The van der Waals surface area contributed by atoms with Gasteiger partial charge < -0.3 is 4.74 Å². The lowest BCUT2D eigenvalue weighted by molar-refractivity contribution is 0.223. The third-order valence-electron chi connectivity index (χ3n) is 2.55. The topological polar surface area (TPSA) is 12.5 Å². The number of rotatable bonds is 7. The molecular formula is C13H21Cl2NO. The summed E-state index contributed by atoms with van der Waals surface area (Å²) in [7, 11) is 0. The molecular weight excluding hydrogens is 257 g/mol. The number of hydrogen-bond acceptors (Lipinski definition) is 2. The van der Waals surface area contributed by atoms with Crippen LogP contribution in [0.25, 0.3) is 0 Å². The molecule has 2 nitrogen and oxygen atoms in total. The predicted octanol–water partition coefficient (Wildman–Crippen LogP) is 3.36. The smallest absolute Gasteiger partial charge is 0.119 e. The number of alkyl halides is 1. The van der Waals surface area contributed by atoms with Crippen molar-refractivity contribution in [3.8, 4) is 5.75 Å². The van der Waals surface area contributed by atoms with Crippen LogP contribution in [0.3, 0.4) is 0 Å². The van der Waals surface area contributed by atoms with Gasteiger partial charge in [0.1, 0.15) is 12.4 Å². The maximum absolute atomic E-state index is 5.71. The minimum absolute atomic E-state index is 0. The first kappa shape index (κ1) is 16.6. The van der Waals surface area contributed by atoms with Crippen LogP contribution in [0.1, 0.15) is 12.5 Å². The van der Waals surface area contributed by atoms with E-state index < -0.39 is 0 Å². The van der Waals surface area contributed by atoms with E-state index in [2.05, 4.69) is 30.9 Å². The van der Waals surface area contributed by atoms with Crippen LogP contribution >= 0.6 is 24.0 Å². The summed E-state index contributed by atoms with van der Waals surface area (Å²) in [6.07, 6.45) is 0. The second-order valence-electron chi connectivity index (χ2n) is 3.78. The highest BCUT2D eigenvalue weighted by molar-refractivity contribution is 6.18. The fourth-order valence-corrected chi connectivity index (χ4v) is 1.71. The average Bonchev–Trinajstić information content (AvgIpc) is 2.30. The molecule has 0 heterocycles. The molecule has 0 amide bonds. The number of nitrogens with zero attached hydrogens (tertiary/aromatic N) is 1. The van der Waals surface area contributed by atoms with E-state index in [-0.39, 0.29) is 12.4 Å². The number of ether oxygens (including phenoxy) is 1. The minimum atomic E-state index is 0. The highest BCUT2D eigenvalue weighted by atomic mass is 35.5. The van der Waals surface area contributed by atoms with E-state index in [0.29, 0.717) is 12.5 Å². The van der Waals surface area contributed by atoms with Crippen molar-refractivity contribution in [2.75, 3.05) is 32.1 Å². The summed E-state index contributed by atoms with van der Waals surface area (Å²) < 4.78 is 5.65. The Bertz CT molecular complexity index is 290. The number of aryl methyl sites for hydroxylation is 1. The molecule has 0 fully saturated rings. The number of benzene rings is 1. The van der Waals surface area contributed by atoms with Gasteiger partial charge in [-0.3, -0.25) is 4.90 Å². The Morgan fingerprint density at radius 2 is 1.82 bits per heavy atom. The van der Waals surface area contributed by atoms with Crippen LogP contribution in [0.4, 0.5) is 0 Å². The second-order valence-corrected chi connectivity index (χ2v) is 4.16. The van der Waals surface area contributed by atoms with E-state index >= 15 is 0 Å². The van der Waals surface area contributed by atoms with E-state index in [1.165, 1.54) is 5.56 Å². The summed E-state index contributed by atoms with van der Waals surface area (Å²) in [4.78, 5) is 2.28. The van der Waals surface area contributed by atoms with E-state index in [1.54, 1.807) is 0 Å². The van der Waals surface area contributed by atoms with Gasteiger partial charge in [0.25, 0.3) is 0 Å². The van der Waals surface area contributed by atoms with Gasteiger partial charge in [-0.2, -0.15) is 0 Å². The van der Waals surface area contributed by atoms with Crippen molar-refractivity contribution in [3.05, 3.63) is 29.8 Å². The molecule has 0 aromatic heterocycles. The van der Waals surface area contributed by atoms with Crippen molar-refractivity contribution in [2.24, 2.45) is 0 Å². The van der Waals surface area contributed by atoms with Gasteiger partial charge in [0.05, 0.1) is 0 Å². The van der Waals surface area contributed by atoms with Crippen molar-refractivity contribution in [1.29, 1.82) is 0 Å². The van der Waals surface area contributed by atoms with Crippen LogP contribution in [0.15, 0.2) is 24.3 Å². The molecule has 0 radical (unpaired) electrons. The molecule has 0 bridgehead atoms. The Balaban J connectivity index is 0.00000256. The van der Waals surface area contributed by atoms with Crippen LogP contribution in [0, 0.1) is 6.92 Å². The lowest BCUT2D eigenvalue weighted by Crippen LogP contribution is -2.30. The highest BCUT2D eigenvalue weighted by Gasteiger charge is 2.01. The van der Waals surface area contributed by atoms with Crippen molar-refractivity contribution < 1.29 is 4.74 Å². The first-order chi connectivity index (χ1) is 7.76. The van der Waals surface area contributed by atoms with Crippen LogP contribution in [0.2, 0.25) is 0 Å². The van der Waals surface area contributed by atoms with E-state index in [9.17, 15) is 0 Å². The summed E-state index contributed by atoms with van der Waals surface area (Å²) in [5, 5.41) is 0. The minimum Gasteiger partial charge on any atom is -0.492 e. The quantitative estimate of drug-likeness (QED) is 0.709. The highest BCUT2D eigenvalue weighted by Crippen LogP contribution is 2.11.